The summed E-state index contributed by atoms with van der Waals surface area (Å²) in [7, 11) is 0. The molecule has 0 saturated heterocycles. The second-order valence-corrected chi connectivity index (χ2v) is 2.56. The molecular weight excluding hydrogens is 183 g/mol. The lowest BCUT2D eigenvalue weighted by Crippen LogP contribution is -1.90. The van der Waals surface area contributed by atoms with Gasteiger partial charge in [0.15, 0.2) is 0 Å². The molecule has 1 aromatic rings. The summed E-state index contributed by atoms with van der Waals surface area (Å²) >= 11 is 10.9. The van der Waals surface area contributed by atoms with E-state index in [0.29, 0.717) is 0 Å². The van der Waals surface area contributed by atoms with Crippen LogP contribution in [-0.2, 0) is 0 Å². The second kappa shape index (κ2) is 3.69. The fourth-order valence-electron chi connectivity index (χ4n) is 0.872. The molecule has 0 atom stereocenters. The molecular formula is C7H8Cl2N2. The molecule has 0 bridgehead atoms. The average molecular weight is 191 g/mol. The standard InChI is InChI=1S/C7H8Cl2N2/c1-5-3-2-4-6(10-8)7(5)11-9/h2-4,10-11H,1H3. The minimum atomic E-state index is 0.779. The van der Waals surface area contributed by atoms with Crippen molar-refractivity contribution in [1.82, 2.24) is 0 Å². The molecule has 0 amide bonds. The van der Waals surface area contributed by atoms with Crippen molar-refractivity contribution >= 4 is 34.9 Å². The molecule has 0 spiro atoms. The molecule has 0 saturated carbocycles. The zero-order chi connectivity index (χ0) is 8.27. The van der Waals surface area contributed by atoms with E-state index in [1.165, 1.54) is 0 Å². The fourth-order valence-corrected chi connectivity index (χ4v) is 1.28. The van der Waals surface area contributed by atoms with Crippen LogP contribution >= 0.6 is 23.6 Å². The number of halogens is 2. The number of anilines is 2. The molecule has 1 rings (SSSR count). The molecule has 0 radical (unpaired) electrons. The van der Waals surface area contributed by atoms with Crippen LogP contribution in [-0.4, -0.2) is 0 Å². The molecule has 0 heterocycles. The molecule has 0 fully saturated rings. The minimum Gasteiger partial charge on any atom is -0.296 e. The van der Waals surface area contributed by atoms with Gasteiger partial charge in [-0.25, -0.2) is 0 Å². The van der Waals surface area contributed by atoms with Gasteiger partial charge >= 0.3 is 0 Å². The van der Waals surface area contributed by atoms with Crippen molar-refractivity contribution in [1.29, 1.82) is 0 Å². The predicted molar refractivity (Wildman–Crippen MR) is 50.1 cm³/mol. The summed E-state index contributed by atoms with van der Waals surface area (Å²) in [5, 5.41) is 0. The third-order valence-electron chi connectivity index (χ3n) is 1.47. The number of benzene rings is 1. The maximum Gasteiger partial charge on any atom is 0.0764 e. The van der Waals surface area contributed by atoms with Gasteiger partial charge in [0.25, 0.3) is 0 Å². The van der Waals surface area contributed by atoms with Crippen molar-refractivity contribution in [3.05, 3.63) is 23.8 Å². The topological polar surface area (TPSA) is 24.1 Å². The lowest BCUT2D eigenvalue weighted by Gasteiger charge is -2.07. The number of hydrogen-bond acceptors (Lipinski definition) is 2. The van der Waals surface area contributed by atoms with Crippen molar-refractivity contribution in [2.75, 3.05) is 9.67 Å². The summed E-state index contributed by atoms with van der Waals surface area (Å²) in [6, 6.07) is 5.69. The zero-order valence-corrected chi connectivity index (χ0v) is 7.50. The molecule has 2 N–H and O–H groups in total. The van der Waals surface area contributed by atoms with E-state index < -0.39 is 0 Å². The maximum absolute atomic E-state index is 5.47. The summed E-state index contributed by atoms with van der Waals surface area (Å²) in [4.78, 5) is 5.05. The van der Waals surface area contributed by atoms with Crippen LogP contribution in [0.15, 0.2) is 18.2 Å². The van der Waals surface area contributed by atoms with Gasteiger partial charge < -0.3 is 0 Å². The first-order valence-electron chi connectivity index (χ1n) is 3.12. The third-order valence-corrected chi connectivity index (χ3v) is 1.86. The molecule has 0 aliphatic heterocycles. The Balaban J connectivity index is 3.13. The Bertz CT molecular complexity index is 250. The van der Waals surface area contributed by atoms with Gasteiger partial charge in [0, 0.05) is 23.6 Å². The number of aryl methyl sites for hydroxylation is 1. The Morgan fingerprint density at radius 2 is 1.91 bits per heavy atom. The van der Waals surface area contributed by atoms with Crippen LogP contribution in [0.5, 0.6) is 0 Å². The van der Waals surface area contributed by atoms with Crippen molar-refractivity contribution < 1.29 is 0 Å². The summed E-state index contributed by atoms with van der Waals surface area (Å²) in [5.41, 5.74) is 2.64. The predicted octanol–water partition coefficient (Wildman–Crippen LogP) is 3.13. The monoisotopic (exact) mass is 190 g/mol. The van der Waals surface area contributed by atoms with E-state index in [4.69, 9.17) is 23.6 Å². The lowest BCUT2D eigenvalue weighted by molar-refractivity contribution is 1.47. The zero-order valence-electron chi connectivity index (χ0n) is 5.99. The minimum absolute atomic E-state index is 0.779. The molecule has 4 heteroatoms. The Hall–Kier alpha value is -0.600. The van der Waals surface area contributed by atoms with E-state index in [1.807, 2.05) is 25.1 Å². The SMILES string of the molecule is Cc1cccc(NCl)c1NCl. The van der Waals surface area contributed by atoms with Crippen LogP contribution in [0.1, 0.15) is 5.56 Å². The number of nitrogens with one attached hydrogen (secondary N) is 2. The van der Waals surface area contributed by atoms with Crippen LogP contribution < -0.4 is 9.67 Å². The molecule has 0 aliphatic rings. The van der Waals surface area contributed by atoms with Gasteiger partial charge in [0.05, 0.1) is 11.4 Å². The van der Waals surface area contributed by atoms with Crippen molar-refractivity contribution in [2.24, 2.45) is 0 Å². The van der Waals surface area contributed by atoms with Crippen molar-refractivity contribution in [3.63, 3.8) is 0 Å². The highest BCUT2D eigenvalue weighted by Gasteiger charge is 2.01. The van der Waals surface area contributed by atoms with Gasteiger partial charge in [-0.1, -0.05) is 12.1 Å². The fraction of sp³-hybridized carbons (Fsp3) is 0.143. The van der Waals surface area contributed by atoms with Gasteiger partial charge in [-0.05, 0) is 18.6 Å². The van der Waals surface area contributed by atoms with E-state index in [9.17, 15) is 0 Å². The Morgan fingerprint density at radius 3 is 2.36 bits per heavy atom. The van der Waals surface area contributed by atoms with E-state index in [2.05, 4.69) is 9.67 Å². The quantitative estimate of drug-likeness (QED) is 0.701. The highest BCUT2D eigenvalue weighted by Crippen LogP contribution is 2.26. The Labute approximate surface area is 75.7 Å². The molecule has 0 aromatic heterocycles. The van der Waals surface area contributed by atoms with Gasteiger partial charge in [0.1, 0.15) is 0 Å². The van der Waals surface area contributed by atoms with Crippen LogP contribution in [0.2, 0.25) is 0 Å². The van der Waals surface area contributed by atoms with Crippen LogP contribution in [0.4, 0.5) is 11.4 Å². The van der Waals surface area contributed by atoms with E-state index in [1.54, 1.807) is 0 Å². The molecule has 2 nitrogen and oxygen atoms in total. The van der Waals surface area contributed by atoms with Crippen molar-refractivity contribution in [3.8, 4) is 0 Å². The summed E-state index contributed by atoms with van der Waals surface area (Å²) < 4.78 is 0. The summed E-state index contributed by atoms with van der Waals surface area (Å²) in [6.07, 6.45) is 0. The third kappa shape index (κ3) is 1.70. The highest BCUT2D eigenvalue weighted by molar-refractivity contribution is 6.28. The van der Waals surface area contributed by atoms with E-state index in [-0.39, 0.29) is 0 Å². The smallest absolute Gasteiger partial charge is 0.0764 e. The van der Waals surface area contributed by atoms with Gasteiger partial charge in [-0.2, -0.15) is 0 Å². The molecule has 0 aliphatic carbocycles. The van der Waals surface area contributed by atoms with Gasteiger partial charge in [0.2, 0.25) is 0 Å². The molecule has 60 valence electrons. The lowest BCUT2D eigenvalue weighted by atomic mass is 10.2. The van der Waals surface area contributed by atoms with Crippen LogP contribution in [0.25, 0.3) is 0 Å². The number of hydrogen-bond donors (Lipinski definition) is 2. The van der Waals surface area contributed by atoms with Crippen LogP contribution in [0, 0.1) is 6.92 Å². The summed E-state index contributed by atoms with van der Waals surface area (Å²) in [5.74, 6) is 0. The first-order valence-corrected chi connectivity index (χ1v) is 3.88. The van der Waals surface area contributed by atoms with Gasteiger partial charge in [-0.3, -0.25) is 9.67 Å². The highest BCUT2D eigenvalue weighted by atomic mass is 35.5. The average Bonchev–Trinajstić information content (AvgIpc) is 2.04. The number of rotatable bonds is 2. The normalized spacial score (nSPS) is 9.36. The van der Waals surface area contributed by atoms with E-state index >= 15 is 0 Å². The first-order chi connectivity index (χ1) is 5.29. The van der Waals surface area contributed by atoms with Crippen LogP contribution in [0.3, 0.4) is 0 Å². The molecule has 0 unspecified atom stereocenters. The molecule has 11 heavy (non-hydrogen) atoms. The Kier molecular flexibility index (Phi) is 2.85. The molecule has 1 aromatic carbocycles. The maximum atomic E-state index is 5.47. The first kappa shape index (κ1) is 8.50. The second-order valence-electron chi connectivity index (χ2n) is 2.19. The van der Waals surface area contributed by atoms with E-state index in [0.717, 1.165) is 16.9 Å². The van der Waals surface area contributed by atoms with Crippen molar-refractivity contribution in [2.45, 2.75) is 6.92 Å². The Morgan fingerprint density at radius 1 is 1.18 bits per heavy atom. The number of para-hydroxylation sites is 1. The largest absolute Gasteiger partial charge is 0.296 e. The summed E-state index contributed by atoms with van der Waals surface area (Å²) in [6.45, 7) is 1.95. The van der Waals surface area contributed by atoms with Gasteiger partial charge in [-0.15, -0.1) is 0 Å².